The third-order valence-electron chi connectivity index (χ3n) is 1.87. The first kappa shape index (κ1) is 8.96. The zero-order valence-electron chi connectivity index (χ0n) is 7.47. The van der Waals surface area contributed by atoms with E-state index in [0.29, 0.717) is 5.69 Å². The fraction of sp³-hybridized carbons (Fsp3) is 0.111. The van der Waals surface area contributed by atoms with Crippen LogP contribution in [-0.2, 0) is 7.05 Å². The average Bonchev–Trinajstić information content (AvgIpc) is 2.70. The van der Waals surface area contributed by atoms with Gasteiger partial charge in [0.1, 0.15) is 4.88 Å². The number of carboxylic acid groups (broad SMARTS) is 1. The zero-order valence-corrected chi connectivity index (χ0v) is 8.28. The molecule has 0 atom stereocenters. The molecular formula is C9H8N2O2S. The van der Waals surface area contributed by atoms with Crippen molar-refractivity contribution >= 4 is 17.3 Å². The standard InChI is InChI=1S/C9H8N2O2S/c1-11-3-2-6(4-11)7-8(9(12)13)14-5-10-7/h2-5H,1H3,(H,12,13). The molecule has 0 saturated carbocycles. The maximum Gasteiger partial charge on any atom is 0.348 e. The van der Waals surface area contributed by atoms with E-state index in [9.17, 15) is 4.79 Å². The lowest BCUT2D eigenvalue weighted by molar-refractivity contribution is 0.0702. The molecule has 14 heavy (non-hydrogen) atoms. The highest BCUT2D eigenvalue weighted by molar-refractivity contribution is 7.12. The van der Waals surface area contributed by atoms with Crippen LogP contribution < -0.4 is 0 Å². The molecule has 0 aliphatic rings. The minimum absolute atomic E-state index is 0.288. The lowest BCUT2D eigenvalue weighted by Gasteiger charge is -1.93. The Bertz CT molecular complexity index is 473. The van der Waals surface area contributed by atoms with Gasteiger partial charge in [-0.25, -0.2) is 9.78 Å². The summed E-state index contributed by atoms with van der Waals surface area (Å²) in [6.45, 7) is 0. The first-order valence-electron chi connectivity index (χ1n) is 3.97. The Morgan fingerprint density at radius 2 is 2.43 bits per heavy atom. The largest absolute Gasteiger partial charge is 0.477 e. The van der Waals surface area contributed by atoms with Gasteiger partial charge in [0.05, 0.1) is 11.2 Å². The van der Waals surface area contributed by atoms with Crippen LogP contribution in [0.1, 0.15) is 9.67 Å². The average molecular weight is 208 g/mol. The highest BCUT2D eigenvalue weighted by Crippen LogP contribution is 2.25. The van der Waals surface area contributed by atoms with Crippen molar-refractivity contribution in [2.24, 2.45) is 7.05 Å². The smallest absolute Gasteiger partial charge is 0.348 e. The molecule has 72 valence electrons. The number of hydrogen-bond acceptors (Lipinski definition) is 3. The fourth-order valence-electron chi connectivity index (χ4n) is 1.25. The number of nitrogens with zero attached hydrogens (tertiary/aromatic N) is 2. The molecule has 0 aliphatic heterocycles. The predicted molar refractivity (Wildman–Crippen MR) is 53.5 cm³/mol. The minimum atomic E-state index is -0.925. The Labute approximate surface area is 84.5 Å². The van der Waals surface area contributed by atoms with Crippen LogP contribution in [0.2, 0.25) is 0 Å². The van der Waals surface area contributed by atoms with Crippen molar-refractivity contribution in [3.8, 4) is 11.3 Å². The number of aromatic carboxylic acids is 1. The van der Waals surface area contributed by atoms with E-state index in [1.54, 1.807) is 5.51 Å². The Hall–Kier alpha value is -1.62. The Balaban J connectivity index is 2.51. The van der Waals surface area contributed by atoms with Gasteiger partial charge in [0, 0.05) is 25.0 Å². The fourth-order valence-corrected chi connectivity index (χ4v) is 1.89. The second-order valence-electron chi connectivity index (χ2n) is 2.90. The molecule has 0 radical (unpaired) electrons. The van der Waals surface area contributed by atoms with Crippen molar-refractivity contribution in [2.75, 3.05) is 0 Å². The normalized spacial score (nSPS) is 10.4. The first-order chi connectivity index (χ1) is 6.68. The van der Waals surface area contributed by atoms with Crippen LogP contribution in [-0.4, -0.2) is 20.6 Å². The van der Waals surface area contributed by atoms with Gasteiger partial charge in [0.2, 0.25) is 0 Å². The second-order valence-corrected chi connectivity index (χ2v) is 3.76. The molecule has 0 aromatic carbocycles. The Kier molecular flexibility index (Phi) is 2.09. The van der Waals surface area contributed by atoms with E-state index < -0.39 is 5.97 Å². The molecule has 0 unspecified atom stereocenters. The van der Waals surface area contributed by atoms with Gasteiger partial charge in [0.25, 0.3) is 0 Å². The van der Waals surface area contributed by atoms with Gasteiger partial charge in [-0.2, -0.15) is 0 Å². The summed E-state index contributed by atoms with van der Waals surface area (Å²) in [5, 5.41) is 8.89. The molecule has 5 heteroatoms. The van der Waals surface area contributed by atoms with Crippen LogP contribution in [0.4, 0.5) is 0 Å². The first-order valence-corrected chi connectivity index (χ1v) is 4.85. The summed E-state index contributed by atoms with van der Waals surface area (Å²) in [5.41, 5.74) is 2.93. The van der Waals surface area contributed by atoms with E-state index in [1.165, 1.54) is 0 Å². The molecule has 0 amide bonds. The molecule has 1 N–H and O–H groups in total. The van der Waals surface area contributed by atoms with Gasteiger partial charge >= 0.3 is 5.97 Å². The summed E-state index contributed by atoms with van der Waals surface area (Å²) in [4.78, 5) is 15.2. The number of hydrogen-bond donors (Lipinski definition) is 1. The molecule has 2 heterocycles. The summed E-state index contributed by atoms with van der Waals surface area (Å²) in [5.74, 6) is -0.925. The molecule has 2 aromatic rings. The van der Waals surface area contributed by atoms with E-state index in [-0.39, 0.29) is 4.88 Å². The van der Waals surface area contributed by atoms with Crippen molar-refractivity contribution < 1.29 is 9.90 Å². The molecule has 0 bridgehead atoms. The molecule has 0 spiro atoms. The Morgan fingerprint density at radius 1 is 1.64 bits per heavy atom. The van der Waals surface area contributed by atoms with Crippen molar-refractivity contribution in [3.63, 3.8) is 0 Å². The van der Waals surface area contributed by atoms with Gasteiger partial charge in [-0.05, 0) is 6.07 Å². The number of carbonyl (C=O) groups is 1. The van der Waals surface area contributed by atoms with Gasteiger partial charge in [-0.1, -0.05) is 0 Å². The molecule has 2 rings (SSSR count). The molecule has 0 aliphatic carbocycles. The van der Waals surface area contributed by atoms with E-state index in [2.05, 4.69) is 4.98 Å². The molecule has 0 saturated heterocycles. The summed E-state index contributed by atoms with van der Waals surface area (Å²) in [7, 11) is 1.89. The van der Waals surface area contributed by atoms with Gasteiger partial charge in [-0.3, -0.25) is 0 Å². The Morgan fingerprint density at radius 3 is 3.00 bits per heavy atom. The van der Waals surface area contributed by atoms with E-state index >= 15 is 0 Å². The van der Waals surface area contributed by atoms with Crippen molar-refractivity contribution in [1.29, 1.82) is 0 Å². The SMILES string of the molecule is Cn1ccc(-c2ncsc2C(=O)O)c1. The topological polar surface area (TPSA) is 55.1 Å². The summed E-state index contributed by atoms with van der Waals surface area (Å²) in [6, 6.07) is 1.85. The van der Waals surface area contributed by atoms with E-state index in [1.807, 2.05) is 30.1 Å². The molecular weight excluding hydrogens is 200 g/mol. The van der Waals surface area contributed by atoms with Gasteiger partial charge in [0.15, 0.2) is 0 Å². The van der Waals surface area contributed by atoms with Crippen LogP contribution in [0.15, 0.2) is 24.0 Å². The number of aryl methyl sites for hydroxylation is 1. The van der Waals surface area contributed by atoms with Crippen molar-refractivity contribution in [2.45, 2.75) is 0 Å². The third-order valence-corrected chi connectivity index (χ3v) is 2.68. The quantitative estimate of drug-likeness (QED) is 0.819. The highest BCUT2D eigenvalue weighted by atomic mass is 32.1. The molecule has 2 aromatic heterocycles. The van der Waals surface area contributed by atoms with Crippen LogP contribution in [0.25, 0.3) is 11.3 Å². The number of rotatable bonds is 2. The molecule has 0 fully saturated rings. The maximum atomic E-state index is 10.8. The monoisotopic (exact) mass is 208 g/mol. The summed E-state index contributed by atoms with van der Waals surface area (Å²) >= 11 is 1.14. The van der Waals surface area contributed by atoms with E-state index in [4.69, 9.17) is 5.11 Å². The summed E-state index contributed by atoms with van der Waals surface area (Å²) in [6.07, 6.45) is 3.71. The highest BCUT2D eigenvalue weighted by Gasteiger charge is 2.15. The number of carboxylic acids is 1. The molecule has 4 nitrogen and oxygen atoms in total. The summed E-state index contributed by atoms with van der Waals surface area (Å²) < 4.78 is 1.86. The third kappa shape index (κ3) is 1.42. The van der Waals surface area contributed by atoms with Crippen molar-refractivity contribution in [1.82, 2.24) is 9.55 Å². The minimum Gasteiger partial charge on any atom is -0.477 e. The van der Waals surface area contributed by atoms with Gasteiger partial charge in [-0.15, -0.1) is 11.3 Å². The second kappa shape index (κ2) is 3.26. The van der Waals surface area contributed by atoms with Gasteiger partial charge < -0.3 is 9.67 Å². The van der Waals surface area contributed by atoms with Crippen LogP contribution in [0, 0.1) is 0 Å². The van der Waals surface area contributed by atoms with E-state index in [0.717, 1.165) is 16.9 Å². The number of aromatic nitrogens is 2. The lowest BCUT2D eigenvalue weighted by atomic mass is 10.2. The van der Waals surface area contributed by atoms with Crippen LogP contribution in [0.3, 0.4) is 0 Å². The maximum absolute atomic E-state index is 10.8. The van der Waals surface area contributed by atoms with Crippen LogP contribution in [0.5, 0.6) is 0 Å². The van der Waals surface area contributed by atoms with Crippen molar-refractivity contribution in [3.05, 3.63) is 28.8 Å². The number of thiazole rings is 1. The lowest BCUT2D eigenvalue weighted by Crippen LogP contribution is -1.94. The predicted octanol–water partition coefficient (Wildman–Crippen LogP) is 1.85. The zero-order chi connectivity index (χ0) is 10.1. The van der Waals surface area contributed by atoms with Crippen LogP contribution >= 0.6 is 11.3 Å².